The van der Waals surface area contributed by atoms with Crippen molar-refractivity contribution in [3.05, 3.63) is 29.7 Å². The minimum Gasteiger partial charge on any atom is -0.424 e. The Morgan fingerprint density at radius 2 is 2.10 bits per heavy atom. The highest BCUT2D eigenvalue weighted by atomic mass is 79.9. The van der Waals surface area contributed by atoms with Crippen LogP contribution in [0.25, 0.3) is 10.9 Å². The van der Waals surface area contributed by atoms with Crippen molar-refractivity contribution >= 4 is 32.8 Å². The number of H-pyrrole nitrogens is 1. The van der Waals surface area contributed by atoms with Crippen LogP contribution in [0, 0.1) is 11.2 Å². The number of halogens is 2. The molecule has 5 heteroatoms. The lowest BCUT2D eigenvalue weighted by Crippen LogP contribution is -2.25. The van der Waals surface area contributed by atoms with Gasteiger partial charge in [-0.15, -0.1) is 0 Å². The number of esters is 1. The van der Waals surface area contributed by atoms with Crippen LogP contribution >= 0.6 is 15.9 Å². The third-order valence-electron chi connectivity index (χ3n) is 2.99. The Bertz CT molecular complexity index is 643. The second-order valence-corrected chi connectivity index (χ2v) is 6.51. The number of alkyl halides is 1. The molecule has 0 unspecified atom stereocenters. The molecule has 20 heavy (non-hydrogen) atoms. The standard InChI is InChI=1S/C15H17BrFNO2/c1-15(2,3)14(19)20-13-8-18-12-7-11(17)9(4-5-16)6-10(12)13/h6-8,18H,4-5H2,1-3H3. The number of hydrogen-bond acceptors (Lipinski definition) is 2. The van der Waals surface area contributed by atoms with Crippen LogP contribution in [0.4, 0.5) is 4.39 Å². The Morgan fingerprint density at radius 1 is 1.40 bits per heavy atom. The van der Waals surface area contributed by atoms with Crippen LogP contribution in [-0.4, -0.2) is 16.3 Å². The maximum atomic E-state index is 13.8. The van der Waals surface area contributed by atoms with Crippen molar-refractivity contribution in [2.24, 2.45) is 5.41 Å². The molecule has 0 aliphatic heterocycles. The summed E-state index contributed by atoms with van der Waals surface area (Å²) in [7, 11) is 0. The van der Waals surface area contributed by atoms with E-state index in [1.54, 1.807) is 33.0 Å². The molecule has 3 nitrogen and oxygen atoms in total. The number of rotatable bonds is 3. The summed E-state index contributed by atoms with van der Waals surface area (Å²) in [6.07, 6.45) is 2.17. The van der Waals surface area contributed by atoms with E-state index in [1.165, 1.54) is 6.07 Å². The van der Waals surface area contributed by atoms with Gasteiger partial charge in [0.2, 0.25) is 0 Å². The third-order valence-corrected chi connectivity index (χ3v) is 3.39. The lowest BCUT2D eigenvalue weighted by molar-refractivity contribution is -0.142. The van der Waals surface area contributed by atoms with E-state index in [0.717, 1.165) is 5.39 Å². The molecule has 0 radical (unpaired) electrons. The lowest BCUT2D eigenvalue weighted by atomic mass is 9.97. The van der Waals surface area contributed by atoms with E-state index in [9.17, 15) is 9.18 Å². The Kier molecular flexibility index (Phi) is 4.18. The van der Waals surface area contributed by atoms with Gasteiger partial charge >= 0.3 is 5.97 Å². The molecule has 0 aliphatic carbocycles. The number of hydrogen-bond donors (Lipinski definition) is 1. The molecule has 0 saturated heterocycles. The number of carbonyl (C=O) groups is 1. The predicted octanol–water partition coefficient (Wildman–Crippen LogP) is 4.20. The van der Waals surface area contributed by atoms with Crippen LogP contribution in [-0.2, 0) is 11.2 Å². The van der Waals surface area contributed by atoms with E-state index in [4.69, 9.17) is 4.74 Å². The molecule has 1 aromatic heterocycles. The first-order chi connectivity index (χ1) is 9.32. The van der Waals surface area contributed by atoms with Gasteiger partial charge in [0.25, 0.3) is 0 Å². The van der Waals surface area contributed by atoms with E-state index in [-0.39, 0.29) is 11.8 Å². The highest BCUT2D eigenvalue weighted by Crippen LogP contribution is 2.30. The smallest absolute Gasteiger partial charge is 0.316 e. The fourth-order valence-corrected chi connectivity index (χ4v) is 2.22. The van der Waals surface area contributed by atoms with Gasteiger partial charge in [-0.3, -0.25) is 4.79 Å². The van der Waals surface area contributed by atoms with Gasteiger partial charge in [0.05, 0.1) is 10.9 Å². The van der Waals surface area contributed by atoms with Gasteiger partial charge in [-0.05, 0) is 44.9 Å². The van der Waals surface area contributed by atoms with E-state index in [0.29, 0.717) is 28.6 Å². The molecule has 1 aromatic carbocycles. The second kappa shape index (κ2) is 5.56. The predicted molar refractivity (Wildman–Crippen MR) is 80.8 cm³/mol. The number of aromatic amines is 1. The molecule has 0 bridgehead atoms. The summed E-state index contributed by atoms with van der Waals surface area (Å²) in [4.78, 5) is 14.9. The molecule has 0 atom stereocenters. The molecule has 0 spiro atoms. The third kappa shape index (κ3) is 3.03. The zero-order chi connectivity index (χ0) is 14.9. The van der Waals surface area contributed by atoms with Crippen LogP contribution in [0.1, 0.15) is 26.3 Å². The van der Waals surface area contributed by atoms with Gasteiger partial charge < -0.3 is 9.72 Å². The van der Waals surface area contributed by atoms with Gasteiger partial charge in [0, 0.05) is 16.9 Å². The molecule has 2 aromatic rings. The van der Waals surface area contributed by atoms with Crippen molar-refractivity contribution in [1.82, 2.24) is 4.98 Å². The normalized spacial score (nSPS) is 11.8. The molecule has 0 fully saturated rings. The van der Waals surface area contributed by atoms with Crippen molar-refractivity contribution in [2.75, 3.05) is 5.33 Å². The number of carbonyl (C=O) groups excluding carboxylic acids is 1. The SMILES string of the molecule is CC(C)(C)C(=O)Oc1c[nH]c2cc(F)c(CCBr)cc12. The number of aryl methyl sites for hydroxylation is 1. The topological polar surface area (TPSA) is 42.1 Å². The van der Waals surface area contributed by atoms with Crippen molar-refractivity contribution in [3.8, 4) is 5.75 Å². The average molecular weight is 342 g/mol. The second-order valence-electron chi connectivity index (χ2n) is 5.72. The van der Waals surface area contributed by atoms with Crippen LogP contribution in [0.5, 0.6) is 5.75 Å². The van der Waals surface area contributed by atoms with Crippen molar-refractivity contribution in [1.29, 1.82) is 0 Å². The van der Waals surface area contributed by atoms with E-state index in [2.05, 4.69) is 20.9 Å². The monoisotopic (exact) mass is 341 g/mol. The molecular weight excluding hydrogens is 325 g/mol. The maximum Gasteiger partial charge on any atom is 0.316 e. The van der Waals surface area contributed by atoms with Crippen molar-refractivity contribution < 1.29 is 13.9 Å². The summed E-state index contributed by atoms with van der Waals surface area (Å²) in [5.41, 5.74) is 0.641. The Balaban J connectivity index is 2.40. The largest absolute Gasteiger partial charge is 0.424 e. The lowest BCUT2D eigenvalue weighted by Gasteiger charge is -2.15. The first kappa shape index (κ1) is 15.0. The molecule has 108 valence electrons. The van der Waals surface area contributed by atoms with Gasteiger partial charge in [-0.25, -0.2) is 4.39 Å². The van der Waals surface area contributed by atoms with Crippen LogP contribution in [0.3, 0.4) is 0 Å². The molecule has 0 aliphatic rings. The van der Waals surface area contributed by atoms with E-state index < -0.39 is 5.41 Å². The van der Waals surface area contributed by atoms with Crippen LogP contribution in [0.15, 0.2) is 18.3 Å². The van der Waals surface area contributed by atoms with E-state index >= 15 is 0 Å². The van der Waals surface area contributed by atoms with Crippen molar-refractivity contribution in [3.63, 3.8) is 0 Å². The summed E-state index contributed by atoms with van der Waals surface area (Å²) >= 11 is 3.30. The number of aromatic nitrogens is 1. The summed E-state index contributed by atoms with van der Waals surface area (Å²) in [5, 5.41) is 1.40. The van der Waals surface area contributed by atoms with Gasteiger partial charge in [-0.2, -0.15) is 0 Å². The Labute approximate surface area is 125 Å². The summed E-state index contributed by atoms with van der Waals surface area (Å²) in [6.45, 7) is 5.38. The molecule has 1 N–H and O–H groups in total. The Morgan fingerprint density at radius 3 is 2.70 bits per heavy atom. The first-order valence-corrected chi connectivity index (χ1v) is 7.53. The summed E-state index contributed by atoms with van der Waals surface area (Å²) < 4.78 is 19.2. The summed E-state index contributed by atoms with van der Waals surface area (Å²) in [5.74, 6) is -0.131. The number of ether oxygens (including phenoxy) is 1. The van der Waals surface area contributed by atoms with Crippen LogP contribution < -0.4 is 4.74 Å². The van der Waals surface area contributed by atoms with Gasteiger partial charge in [0.1, 0.15) is 5.82 Å². The maximum absolute atomic E-state index is 13.8. The van der Waals surface area contributed by atoms with Crippen LogP contribution in [0.2, 0.25) is 0 Å². The average Bonchev–Trinajstić information content (AvgIpc) is 2.71. The van der Waals surface area contributed by atoms with Gasteiger partial charge in [-0.1, -0.05) is 15.9 Å². The fraction of sp³-hybridized carbons (Fsp3) is 0.400. The molecule has 0 amide bonds. The van der Waals surface area contributed by atoms with E-state index in [1.807, 2.05) is 0 Å². The van der Waals surface area contributed by atoms with Gasteiger partial charge in [0.15, 0.2) is 5.75 Å². The highest BCUT2D eigenvalue weighted by Gasteiger charge is 2.25. The number of nitrogens with one attached hydrogen (secondary N) is 1. The summed E-state index contributed by atoms with van der Waals surface area (Å²) in [6, 6.07) is 3.16. The quantitative estimate of drug-likeness (QED) is 0.671. The number of benzene rings is 1. The zero-order valence-electron chi connectivity index (χ0n) is 11.7. The minimum atomic E-state index is -0.581. The molecule has 0 saturated carbocycles. The minimum absolute atomic E-state index is 0.257. The highest BCUT2D eigenvalue weighted by molar-refractivity contribution is 9.09. The fourth-order valence-electron chi connectivity index (χ4n) is 1.79. The zero-order valence-corrected chi connectivity index (χ0v) is 13.3. The van der Waals surface area contributed by atoms with Crippen molar-refractivity contribution in [2.45, 2.75) is 27.2 Å². The number of fused-ring (bicyclic) bond motifs is 1. The molecule has 2 rings (SSSR count). The first-order valence-electron chi connectivity index (χ1n) is 6.40. The molecule has 1 heterocycles. The Hall–Kier alpha value is -1.36. The molecular formula is C15H17BrFNO2.